The summed E-state index contributed by atoms with van der Waals surface area (Å²) in [4.78, 5) is 18.8. The Bertz CT molecular complexity index is 933. The molecule has 0 N–H and O–H groups in total. The number of rotatable bonds is 3. The summed E-state index contributed by atoms with van der Waals surface area (Å²) >= 11 is 1.54. The predicted molar refractivity (Wildman–Crippen MR) is 96.9 cm³/mol. The fraction of sp³-hybridized carbons (Fsp3) is 0.278. The molecule has 5 heteroatoms. The monoisotopic (exact) mass is 325 g/mol. The fourth-order valence-corrected chi connectivity index (χ4v) is 3.39. The van der Waals surface area contributed by atoms with E-state index in [-0.39, 0.29) is 5.56 Å². The first-order valence-electron chi connectivity index (χ1n) is 7.59. The van der Waals surface area contributed by atoms with E-state index < -0.39 is 0 Å². The Morgan fingerprint density at radius 3 is 2.57 bits per heavy atom. The zero-order valence-corrected chi connectivity index (χ0v) is 14.5. The largest absolute Gasteiger partial charge is 0.282 e. The number of benzene rings is 1. The summed E-state index contributed by atoms with van der Waals surface area (Å²) in [6, 6.07) is 8.19. The molecule has 0 aliphatic rings. The Labute approximate surface area is 139 Å². The first kappa shape index (κ1) is 15.6. The maximum absolute atomic E-state index is 12.5. The van der Waals surface area contributed by atoms with Crippen LogP contribution in [0.25, 0.3) is 10.2 Å². The van der Waals surface area contributed by atoms with Crippen LogP contribution >= 0.6 is 11.3 Å². The summed E-state index contributed by atoms with van der Waals surface area (Å²) in [5, 5.41) is 4.94. The van der Waals surface area contributed by atoms with Crippen LogP contribution in [0.2, 0.25) is 0 Å². The summed E-state index contributed by atoms with van der Waals surface area (Å²) in [6.45, 7) is 8.28. The normalized spacial score (nSPS) is 11.9. The van der Waals surface area contributed by atoms with Crippen LogP contribution in [0.15, 0.2) is 40.5 Å². The molecule has 1 aromatic carbocycles. The molecule has 0 spiro atoms. The van der Waals surface area contributed by atoms with Gasteiger partial charge in [-0.05, 0) is 36.5 Å². The molecule has 0 bridgehead atoms. The molecule has 0 aliphatic heterocycles. The molecule has 0 aliphatic carbocycles. The van der Waals surface area contributed by atoms with Crippen LogP contribution < -0.4 is 5.56 Å². The van der Waals surface area contributed by atoms with E-state index in [4.69, 9.17) is 0 Å². The number of hydrogen-bond donors (Lipinski definition) is 0. The Morgan fingerprint density at radius 2 is 1.91 bits per heavy atom. The van der Waals surface area contributed by atoms with Crippen molar-refractivity contribution in [3.8, 4) is 0 Å². The lowest BCUT2D eigenvalue weighted by Crippen LogP contribution is -2.16. The highest BCUT2D eigenvalue weighted by molar-refractivity contribution is 7.18. The fourth-order valence-electron chi connectivity index (χ4n) is 2.40. The molecule has 0 unspecified atom stereocenters. The molecule has 3 rings (SSSR count). The molecule has 0 amide bonds. The zero-order valence-electron chi connectivity index (χ0n) is 13.7. The van der Waals surface area contributed by atoms with Crippen molar-refractivity contribution < 1.29 is 0 Å². The number of aromatic nitrogens is 2. The summed E-state index contributed by atoms with van der Waals surface area (Å²) in [5.74, 6) is 0.500. The predicted octanol–water partition coefficient (Wildman–Crippen LogP) is 4.08. The third-order valence-electron chi connectivity index (χ3n) is 4.01. The van der Waals surface area contributed by atoms with Crippen LogP contribution in [-0.2, 0) is 0 Å². The molecule has 23 heavy (non-hydrogen) atoms. The number of aryl methyl sites for hydroxylation is 2. The van der Waals surface area contributed by atoms with Crippen molar-refractivity contribution in [3.05, 3.63) is 62.5 Å². The molecule has 0 saturated heterocycles. The zero-order chi connectivity index (χ0) is 16.6. The SMILES string of the molecule is Cc1sc2ncn(/N=C/c3ccc(C(C)C)cc3)c(=O)c2c1C. The smallest absolute Gasteiger partial charge is 0.267 e. The van der Waals surface area contributed by atoms with Crippen molar-refractivity contribution in [2.24, 2.45) is 5.10 Å². The molecule has 118 valence electrons. The van der Waals surface area contributed by atoms with Crippen molar-refractivity contribution >= 4 is 27.8 Å². The van der Waals surface area contributed by atoms with Crippen LogP contribution in [-0.4, -0.2) is 15.9 Å². The van der Waals surface area contributed by atoms with Gasteiger partial charge in [0.25, 0.3) is 5.56 Å². The minimum absolute atomic E-state index is 0.119. The van der Waals surface area contributed by atoms with Gasteiger partial charge in [0.05, 0.1) is 11.6 Å². The third kappa shape index (κ3) is 2.97. The maximum atomic E-state index is 12.5. The van der Waals surface area contributed by atoms with Gasteiger partial charge in [-0.2, -0.15) is 9.78 Å². The highest BCUT2D eigenvalue weighted by Gasteiger charge is 2.11. The van der Waals surface area contributed by atoms with E-state index in [9.17, 15) is 4.79 Å². The van der Waals surface area contributed by atoms with E-state index in [1.165, 1.54) is 16.6 Å². The van der Waals surface area contributed by atoms with E-state index in [2.05, 4.69) is 36.1 Å². The molecule has 2 heterocycles. The first-order chi connectivity index (χ1) is 11.0. The Kier molecular flexibility index (Phi) is 4.13. The van der Waals surface area contributed by atoms with Crippen molar-refractivity contribution in [2.75, 3.05) is 0 Å². The van der Waals surface area contributed by atoms with Crippen LogP contribution in [0.3, 0.4) is 0 Å². The molecule has 3 aromatic rings. The summed E-state index contributed by atoms with van der Waals surface area (Å²) in [6.07, 6.45) is 3.17. The minimum Gasteiger partial charge on any atom is -0.267 e. The van der Waals surface area contributed by atoms with Crippen molar-refractivity contribution in [2.45, 2.75) is 33.6 Å². The molecule has 0 fully saturated rings. The van der Waals surface area contributed by atoms with Gasteiger partial charge in [-0.25, -0.2) is 4.98 Å². The number of nitrogens with zero attached hydrogens (tertiary/aromatic N) is 3. The molecular weight excluding hydrogens is 306 g/mol. The van der Waals surface area contributed by atoms with Gasteiger partial charge in [0, 0.05) is 4.88 Å². The van der Waals surface area contributed by atoms with Crippen LogP contribution in [0.5, 0.6) is 0 Å². The van der Waals surface area contributed by atoms with Gasteiger partial charge in [0.2, 0.25) is 0 Å². The average molecular weight is 325 g/mol. The summed E-state index contributed by atoms with van der Waals surface area (Å²) in [7, 11) is 0. The molecule has 0 saturated carbocycles. The highest BCUT2D eigenvalue weighted by atomic mass is 32.1. The molecule has 0 atom stereocenters. The van der Waals surface area contributed by atoms with Gasteiger partial charge in [0.1, 0.15) is 11.2 Å². The molecule has 4 nitrogen and oxygen atoms in total. The van der Waals surface area contributed by atoms with E-state index in [1.54, 1.807) is 17.6 Å². The number of hydrogen-bond acceptors (Lipinski definition) is 4. The number of fused-ring (bicyclic) bond motifs is 1. The van der Waals surface area contributed by atoms with Gasteiger partial charge in [-0.1, -0.05) is 38.1 Å². The topological polar surface area (TPSA) is 47.2 Å². The van der Waals surface area contributed by atoms with E-state index in [0.717, 1.165) is 20.8 Å². The quantitative estimate of drug-likeness (QED) is 0.681. The van der Waals surface area contributed by atoms with Gasteiger partial charge in [0.15, 0.2) is 0 Å². The lowest BCUT2D eigenvalue weighted by Gasteiger charge is -2.04. The second-order valence-corrected chi connectivity index (χ2v) is 7.13. The van der Waals surface area contributed by atoms with Crippen LogP contribution in [0, 0.1) is 13.8 Å². The first-order valence-corrected chi connectivity index (χ1v) is 8.40. The van der Waals surface area contributed by atoms with Gasteiger partial charge < -0.3 is 0 Å². The summed E-state index contributed by atoms with van der Waals surface area (Å²) < 4.78 is 1.30. The summed E-state index contributed by atoms with van der Waals surface area (Å²) in [5.41, 5.74) is 3.12. The Morgan fingerprint density at radius 1 is 1.22 bits per heavy atom. The molecule has 0 radical (unpaired) electrons. The van der Waals surface area contributed by atoms with Gasteiger partial charge in [-0.3, -0.25) is 4.79 Å². The van der Waals surface area contributed by atoms with Crippen molar-refractivity contribution in [3.63, 3.8) is 0 Å². The second-order valence-electron chi connectivity index (χ2n) is 5.92. The Balaban J connectivity index is 1.96. The van der Waals surface area contributed by atoms with Crippen LogP contribution in [0.4, 0.5) is 0 Å². The molecular formula is C18H19N3OS. The van der Waals surface area contributed by atoms with E-state index >= 15 is 0 Å². The lowest BCUT2D eigenvalue weighted by atomic mass is 10.0. The van der Waals surface area contributed by atoms with Crippen molar-refractivity contribution in [1.29, 1.82) is 0 Å². The van der Waals surface area contributed by atoms with Gasteiger partial charge >= 0.3 is 0 Å². The van der Waals surface area contributed by atoms with E-state index in [0.29, 0.717) is 11.3 Å². The highest BCUT2D eigenvalue weighted by Crippen LogP contribution is 2.25. The maximum Gasteiger partial charge on any atom is 0.282 e. The number of thiophene rings is 1. The van der Waals surface area contributed by atoms with Crippen molar-refractivity contribution in [1.82, 2.24) is 9.66 Å². The second kappa shape index (κ2) is 6.08. The van der Waals surface area contributed by atoms with E-state index in [1.807, 2.05) is 26.0 Å². The minimum atomic E-state index is -0.119. The van der Waals surface area contributed by atoms with Gasteiger partial charge in [-0.15, -0.1) is 11.3 Å². The third-order valence-corrected chi connectivity index (χ3v) is 5.12. The lowest BCUT2D eigenvalue weighted by molar-refractivity contribution is 0.818. The Hall–Kier alpha value is -2.27. The van der Waals surface area contributed by atoms with Crippen LogP contribution in [0.1, 0.15) is 41.3 Å². The average Bonchev–Trinajstić information content (AvgIpc) is 2.82. The molecule has 2 aromatic heterocycles. The standard InChI is InChI=1S/C18H19N3OS/c1-11(2)15-7-5-14(6-8-15)9-20-21-10-19-17-16(18(21)22)12(3)13(4)23-17/h5-11H,1-4H3/b20-9+.